The largest absolute Gasteiger partial charge is 0.478 e. The molecule has 5 heteroatoms. The highest BCUT2D eigenvalue weighted by Crippen LogP contribution is 2.54. The molecule has 0 amide bonds. The van der Waals surface area contributed by atoms with E-state index in [9.17, 15) is 9.59 Å². The maximum absolute atomic E-state index is 11.9. The third-order valence-electron chi connectivity index (χ3n) is 3.09. The zero-order valence-electron chi connectivity index (χ0n) is 8.07. The first-order valence-corrected chi connectivity index (χ1v) is 5.18. The summed E-state index contributed by atoms with van der Waals surface area (Å²) >= 11 is 5.78. The van der Waals surface area contributed by atoms with E-state index in [1.165, 1.54) is 12.1 Å². The molecule has 1 aliphatic carbocycles. The summed E-state index contributed by atoms with van der Waals surface area (Å²) in [5, 5.41) is 9.48. The summed E-state index contributed by atoms with van der Waals surface area (Å²) in [7, 11) is 0. The molecular weight excluding hydrogens is 232 g/mol. The number of ether oxygens (including phenoxy) is 1. The number of hydrogen-bond acceptors (Lipinski definition) is 3. The Kier molecular flexibility index (Phi) is 1.67. The molecule has 2 atom stereocenters. The van der Waals surface area contributed by atoms with Crippen LogP contribution in [0.2, 0.25) is 5.02 Å². The lowest BCUT2D eigenvalue weighted by Crippen LogP contribution is -2.37. The quantitative estimate of drug-likeness (QED) is 0.810. The van der Waals surface area contributed by atoms with E-state index >= 15 is 0 Å². The van der Waals surface area contributed by atoms with Crippen molar-refractivity contribution in [1.29, 1.82) is 0 Å². The van der Waals surface area contributed by atoms with Crippen LogP contribution in [0.15, 0.2) is 18.2 Å². The van der Waals surface area contributed by atoms with Gasteiger partial charge in [-0.3, -0.25) is 4.79 Å². The van der Waals surface area contributed by atoms with Gasteiger partial charge in [0, 0.05) is 11.4 Å². The third-order valence-corrected chi connectivity index (χ3v) is 3.32. The molecule has 0 aromatic heterocycles. The van der Waals surface area contributed by atoms with Crippen LogP contribution < -0.4 is 4.74 Å². The van der Waals surface area contributed by atoms with Crippen LogP contribution >= 0.6 is 11.6 Å². The van der Waals surface area contributed by atoms with Crippen molar-refractivity contribution in [3.05, 3.63) is 28.8 Å². The van der Waals surface area contributed by atoms with Crippen LogP contribution in [0.5, 0.6) is 5.75 Å². The van der Waals surface area contributed by atoms with E-state index in [1.54, 1.807) is 6.07 Å². The topological polar surface area (TPSA) is 63.6 Å². The van der Waals surface area contributed by atoms with E-state index in [0.717, 1.165) is 0 Å². The summed E-state index contributed by atoms with van der Waals surface area (Å²) in [5.74, 6) is -1.51. The van der Waals surface area contributed by atoms with Gasteiger partial charge in [-0.2, -0.15) is 0 Å². The van der Waals surface area contributed by atoms with E-state index in [1.807, 2.05) is 0 Å². The van der Waals surface area contributed by atoms with Crippen molar-refractivity contribution in [1.82, 2.24) is 0 Å². The number of carboxylic acid groups (broad SMARTS) is 1. The Morgan fingerprint density at radius 3 is 3.00 bits per heavy atom. The molecule has 1 aromatic carbocycles. The lowest BCUT2D eigenvalue weighted by atomic mass is 10.0. The SMILES string of the molecule is O=C1c2cc(Cl)ccc2OC2(C(=O)O)CC12. The summed E-state index contributed by atoms with van der Waals surface area (Å²) in [6, 6.07) is 4.63. The van der Waals surface area contributed by atoms with E-state index in [0.29, 0.717) is 16.3 Å². The number of aliphatic carboxylic acids is 1. The van der Waals surface area contributed by atoms with Crippen molar-refractivity contribution in [2.45, 2.75) is 12.0 Å². The number of benzene rings is 1. The van der Waals surface area contributed by atoms with Crippen LogP contribution in [-0.4, -0.2) is 22.5 Å². The lowest BCUT2D eigenvalue weighted by molar-refractivity contribution is -0.148. The normalized spacial score (nSPS) is 30.1. The third kappa shape index (κ3) is 1.05. The van der Waals surface area contributed by atoms with Crippen LogP contribution in [0.4, 0.5) is 0 Å². The van der Waals surface area contributed by atoms with Gasteiger partial charge in [-0.25, -0.2) is 4.79 Å². The minimum Gasteiger partial charge on any atom is -0.478 e. The summed E-state index contributed by atoms with van der Waals surface area (Å²) in [4.78, 5) is 23.0. The molecule has 2 aliphatic rings. The maximum atomic E-state index is 11.9. The number of ketones is 1. The van der Waals surface area contributed by atoms with Gasteiger partial charge in [0.15, 0.2) is 5.78 Å². The summed E-state index contributed by atoms with van der Waals surface area (Å²) in [6.45, 7) is 0. The Balaban J connectivity index is 2.11. The van der Waals surface area contributed by atoms with Crippen LogP contribution in [-0.2, 0) is 4.79 Å². The molecule has 1 aromatic rings. The van der Waals surface area contributed by atoms with Gasteiger partial charge >= 0.3 is 5.97 Å². The molecule has 0 radical (unpaired) electrons. The molecule has 2 unspecified atom stereocenters. The van der Waals surface area contributed by atoms with Gasteiger partial charge < -0.3 is 9.84 Å². The molecule has 0 spiro atoms. The number of carbonyl (C=O) groups is 2. The fourth-order valence-corrected chi connectivity index (χ4v) is 2.28. The van der Waals surface area contributed by atoms with Gasteiger partial charge in [0.2, 0.25) is 5.60 Å². The number of halogens is 1. The van der Waals surface area contributed by atoms with Crippen LogP contribution in [0, 0.1) is 5.92 Å². The Labute approximate surface area is 95.8 Å². The van der Waals surface area contributed by atoms with Crippen molar-refractivity contribution in [3.63, 3.8) is 0 Å². The predicted octanol–water partition coefficient (Wildman–Crippen LogP) is 1.76. The second kappa shape index (κ2) is 2.77. The van der Waals surface area contributed by atoms with E-state index in [-0.39, 0.29) is 12.2 Å². The number of Topliss-reactive ketones (excluding diaryl/α,β-unsaturated/α-hetero) is 1. The Hall–Kier alpha value is -1.55. The second-order valence-electron chi connectivity index (χ2n) is 4.06. The smallest absolute Gasteiger partial charge is 0.348 e. The maximum Gasteiger partial charge on any atom is 0.348 e. The second-order valence-corrected chi connectivity index (χ2v) is 4.49. The van der Waals surface area contributed by atoms with Gasteiger partial charge in [-0.1, -0.05) is 11.6 Å². The van der Waals surface area contributed by atoms with Crippen LogP contribution in [0.1, 0.15) is 16.8 Å². The first-order valence-electron chi connectivity index (χ1n) is 4.81. The number of fused-ring (bicyclic) bond motifs is 2. The average molecular weight is 239 g/mol. The van der Waals surface area contributed by atoms with Crippen molar-refractivity contribution in [3.8, 4) is 5.75 Å². The molecule has 1 heterocycles. The molecule has 1 fully saturated rings. The minimum atomic E-state index is -1.32. The highest BCUT2D eigenvalue weighted by molar-refractivity contribution is 6.31. The molecule has 1 N–H and O–H groups in total. The number of carbonyl (C=O) groups excluding carboxylic acids is 1. The summed E-state index contributed by atoms with van der Waals surface area (Å²) < 4.78 is 5.40. The van der Waals surface area contributed by atoms with Gasteiger partial charge in [0.25, 0.3) is 0 Å². The van der Waals surface area contributed by atoms with Crippen molar-refractivity contribution in [2.75, 3.05) is 0 Å². The Morgan fingerprint density at radius 2 is 2.31 bits per heavy atom. The molecule has 0 saturated heterocycles. The molecule has 1 aliphatic heterocycles. The first-order chi connectivity index (χ1) is 7.54. The van der Waals surface area contributed by atoms with Gasteiger partial charge in [0.05, 0.1) is 11.5 Å². The molecule has 16 heavy (non-hydrogen) atoms. The average Bonchev–Trinajstić information content (AvgIpc) is 2.96. The van der Waals surface area contributed by atoms with Crippen molar-refractivity contribution >= 4 is 23.4 Å². The van der Waals surface area contributed by atoms with Crippen molar-refractivity contribution < 1.29 is 19.4 Å². The zero-order chi connectivity index (χ0) is 11.5. The van der Waals surface area contributed by atoms with Crippen molar-refractivity contribution in [2.24, 2.45) is 5.92 Å². The first kappa shape index (κ1) is 9.66. The monoisotopic (exact) mass is 238 g/mol. The molecule has 3 rings (SSSR count). The minimum absolute atomic E-state index is 0.189. The molecule has 4 nitrogen and oxygen atoms in total. The standard InChI is InChI=1S/C11H7ClO4/c12-5-1-2-8-6(3-5)9(13)7-4-11(7,16-8)10(14)15/h1-3,7H,4H2,(H,14,15). The summed E-state index contributed by atoms with van der Waals surface area (Å²) in [6.07, 6.45) is 0.244. The molecule has 1 saturated carbocycles. The summed E-state index contributed by atoms with van der Waals surface area (Å²) in [5.41, 5.74) is -0.940. The van der Waals surface area contributed by atoms with Gasteiger partial charge in [0.1, 0.15) is 5.75 Å². The fraction of sp³-hybridized carbons (Fsp3) is 0.273. The fourth-order valence-electron chi connectivity index (χ4n) is 2.11. The van der Waals surface area contributed by atoms with Gasteiger partial charge in [-0.15, -0.1) is 0 Å². The van der Waals surface area contributed by atoms with E-state index < -0.39 is 17.5 Å². The highest BCUT2D eigenvalue weighted by Gasteiger charge is 2.69. The number of carboxylic acids is 1. The van der Waals surface area contributed by atoms with Crippen LogP contribution in [0.3, 0.4) is 0 Å². The molecule has 0 bridgehead atoms. The number of hydrogen-bond donors (Lipinski definition) is 1. The van der Waals surface area contributed by atoms with E-state index in [2.05, 4.69) is 0 Å². The number of rotatable bonds is 1. The lowest BCUT2D eigenvalue weighted by Gasteiger charge is -2.22. The molecular formula is C11H7ClO4. The highest BCUT2D eigenvalue weighted by atomic mass is 35.5. The molecule has 82 valence electrons. The predicted molar refractivity (Wildman–Crippen MR) is 54.9 cm³/mol. The van der Waals surface area contributed by atoms with Crippen LogP contribution in [0.25, 0.3) is 0 Å². The Bertz CT molecular complexity index is 525. The van der Waals surface area contributed by atoms with Gasteiger partial charge in [-0.05, 0) is 18.2 Å². The zero-order valence-corrected chi connectivity index (χ0v) is 8.82. The van der Waals surface area contributed by atoms with E-state index in [4.69, 9.17) is 21.4 Å². The Morgan fingerprint density at radius 1 is 1.56 bits per heavy atom.